The van der Waals surface area contributed by atoms with Crippen LogP contribution in [0.4, 0.5) is 4.39 Å². The van der Waals surface area contributed by atoms with Crippen molar-refractivity contribution in [1.82, 2.24) is 0 Å². The van der Waals surface area contributed by atoms with Crippen LogP contribution in [0.1, 0.15) is 64.2 Å². The summed E-state index contributed by atoms with van der Waals surface area (Å²) in [6.07, 6.45) is 7.29. The minimum atomic E-state index is -0.929. The summed E-state index contributed by atoms with van der Waals surface area (Å²) >= 11 is 0. The molecule has 4 unspecified atom stereocenters. The van der Waals surface area contributed by atoms with E-state index in [1.165, 1.54) is 0 Å². The molecule has 0 spiro atoms. The number of aliphatic hydroxyl groups is 1. The second kappa shape index (κ2) is 8.46. The highest BCUT2D eigenvalue weighted by Crippen LogP contribution is 2.31. The molecule has 2 aliphatic carbocycles. The van der Waals surface area contributed by atoms with E-state index in [1.807, 2.05) is 0 Å². The Labute approximate surface area is 138 Å². The van der Waals surface area contributed by atoms with Gasteiger partial charge < -0.3 is 14.6 Å². The van der Waals surface area contributed by atoms with Gasteiger partial charge in [-0.15, -0.1) is 0 Å². The van der Waals surface area contributed by atoms with Crippen LogP contribution in [0.15, 0.2) is 0 Å². The third-order valence-electron chi connectivity index (χ3n) is 5.37. The van der Waals surface area contributed by atoms with Crippen molar-refractivity contribution in [2.45, 2.75) is 88.9 Å². The SMILES string of the molecule is OC1CCC(C#CC2CCC(OC3CCCCO3)C(F)C2)CC1. The molecule has 130 valence electrons. The normalized spacial score (nSPS) is 41.8. The second-order valence-electron chi connectivity index (χ2n) is 7.29. The molecule has 1 saturated heterocycles. The summed E-state index contributed by atoms with van der Waals surface area (Å²) in [4.78, 5) is 0. The van der Waals surface area contributed by atoms with Crippen LogP contribution in [0.5, 0.6) is 0 Å². The van der Waals surface area contributed by atoms with Crippen LogP contribution in [-0.2, 0) is 9.47 Å². The van der Waals surface area contributed by atoms with Crippen molar-refractivity contribution in [2.75, 3.05) is 6.61 Å². The molecular formula is C19H29FO3. The lowest BCUT2D eigenvalue weighted by Crippen LogP contribution is -2.37. The van der Waals surface area contributed by atoms with Gasteiger partial charge in [0, 0.05) is 18.4 Å². The zero-order chi connectivity index (χ0) is 16.1. The van der Waals surface area contributed by atoms with Gasteiger partial charge in [0.15, 0.2) is 6.29 Å². The summed E-state index contributed by atoms with van der Waals surface area (Å²) in [5.74, 6) is 7.18. The van der Waals surface area contributed by atoms with E-state index in [2.05, 4.69) is 11.8 Å². The van der Waals surface area contributed by atoms with Gasteiger partial charge in [0.25, 0.3) is 0 Å². The highest BCUT2D eigenvalue weighted by molar-refractivity contribution is 5.10. The fourth-order valence-corrected chi connectivity index (χ4v) is 3.84. The molecule has 1 N–H and O–H groups in total. The number of hydrogen-bond acceptors (Lipinski definition) is 3. The molecule has 3 aliphatic rings. The lowest BCUT2D eigenvalue weighted by Gasteiger charge is -2.33. The van der Waals surface area contributed by atoms with Crippen molar-refractivity contribution >= 4 is 0 Å². The Hall–Kier alpha value is -0.630. The molecule has 4 atom stereocenters. The number of hydrogen-bond donors (Lipinski definition) is 1. The summed E-state index contributed by atoms with van der Waals surface area (Å²) in [6.45, 7) is 0.735. The highest BCUT2D eigenvalue weighted by Gasteiger charge is 2.33. The minimum Gasteiger partial charge on any atom is -0.393 e. The van der Waals surface area contributed by atoms with Crippen molar-refractivity contribution < 1.29 is 19.0 Å². The van der Waals surface area contributed by atoms with E-state index < -0.39 is 6.17 Å². The minimum absolute atomic E-state index is 0.141. The lowest BCUT2D eigenvalue weighted by molar-refractivity contribution is -0.206. The fraction of sp³-hybridized carbons (Fsp3) is 0.895. The zero-order valence-electron chi connectivity index (χ0n) is 13.9. The maximum Gasteiger partial charge on any atom is 0.158 e. The summed E-state index contributed by atoms with van der Waals surface area (Å²) in [5, 5.41) is 9.52. The molecule has 0 aromatic heterocycles. The molecule has 0 aromatic carbocycles. The fourth-order valence-electron chi connectivity index (χ4n) is 3.84. The Morgan fingerprint density at radius 3 is 2.35 bits per heavy atom. The Morgan fingerprint density at radius 2 is 1.65 bits per heavy atom. The van der Waals surface area contributed by atoms with Gasteiger partial charge in [-0.1, -0.05) is 11.8 Å². The Balaban J connectivity index is 1.43. The van der Waals surface area contributed by atoms with Gasteiger partial charge in [-0.3, -0.25) is 0 Å². The van der Waals surface area contributed by atoms with Gasteiger partial charge in [-0.05, 0) is 64.2 Å². The Kier molecular flexibility index (Phi) is 6.33. The molecule has 0 radical (unpaired) electrons. The van der Waals surface area contributed by atoms with Crippen molar-refractivity contribution in [3.63, 3.8) is 0 Å². The van der Waals surface area contributed by atoms with Crippen LogP contribution in [0.3, 0.4) is 0 Å². The summed E-state index contributed by atoms with van der Waals surface area (Å²) in [7, 11) is 0. The number of ether oxygens (including phenoxy) is 2. The maximum absolute atomic E-state index is 14.4. The van der Waals surface area contributed by atoms with E-state index in [0.717, 1.165) is 64.4 Å². The summed E-state index contributed by atoms with van der Waals surface area (Å²) in [5.41, 5.74) is 0. The van der Waals surface area contributed by atoms with Gasteiger partial charge >= 0.3 is 0 Å². The molecule has 4 heteroatoms. The summed E-state index contributed by atoms with van der Waals surface area (Å²) in [6, 6.07) is 0. The molecule has 1 heterocycles. The van der Waals surface area contributed by atoms with Gasteiger partial charge in [0.1, 0.15) is 6.17 Å². The van der Waals surface area contributed by atoms with Crippen molar-refractivity contribution in [1.29, 1.82) is 0 Å². The van der Waals surface area contributed by atoms with Gasteiger partial charge in [0.2, 0.25) is 0 Å². The van der Waals surface area contributed by atoms with Crippen LogP contribution in [-0.4, -0.2) is 36.4 Å². The summed E-state index contributed by atoms with van der Waals surface area (Å²) < 4.78 is 25.8. The molecule has 3 rings (SSSR count). The van der Waals surface area contributed by atoms with Crippen LogP contribution in [0, 0.1) is 23.7 Å². The van der Waals surface area contributed by atoms with Gasteiger partial charge in [-0.2, -0.15) is 0 Å². The molecule has 23 heavy (non-hydrogen) atoms. The lowest BCUT2D eigenvalue weighted by atomic mass is 9.84. The first-order valence-corrected chi connectivity index (χ1v) is 9.31. The second-order valence-corrected chi connectivity index (χ2v) is 7.29. The maximum atomic E-state index is 14.4. The van der Waals surface area contributed by atoms with Crippen molar-refractivity contribution in [3.8, 4) is 11.8 Å². The number of alkyl halides is 1. The molecular weight excluding hydrogens is 295 g/mol. The average Bonchev–Trinajstić information content (AvgIpc) is 2.57. The van der Waals surface area contributed by atoms with Crippen LogP contribution in [0.2, 0.25) is 0 Å². The van der Waals surface area contributed by atoms with Crippen LogP contribution < -0.4 is 0 Å². The predicted molar refractivity (Wildman–Crippen MR) is 86.4 cm³/mol. The number of rotatable bonds is 2. The zero-order valence-corrected chi connectivity index (χ0v) is 13.9. The van der Waals surface area contributed by atoms with Crippen molar-refractivity contribution in [2.24, 2.45) is 11.8 Å². The first-order chi connectivity index (χ1) is 11.2. The number of halogens is 1. The third-order valence-corrected chi connectivity index (χ3v) is 5.37. The standard InChI is InChI=1S/C19H29FO3/c20-17-13-15(5-4-14-6-9-16(21)10-7-14)8-11-18(17)23-19-3-1-2-12-22-19/h14-19,21H,1-3,6-13H2. The van der Waals surface area contributed by atoms with Crippen molar-refractivity contribution in [3.05, 3.63) is 0 Å². The monoisotopic (exact) mass is 324 g/mol. The molecule has 0 amide bonds. The average molecular weight is 324 g/mol. The molecule has 3 nitrogen and oxygen atoms in total. The molecule has 0 aromatic rings. The Bertz CT molecular complexity index is 416. The highest BCUT2D eigenvalue weighted by atomic mass is 19.1. The largest absolute Gasteiger partial charge is 0.393 e. The van der Waals surface area contributed by atoms with E-state index >= 15 is 0 Å². The Morgan fingerprint density at radius 1 is 0.913 bits per heavy atom. The molecule has 3 fully saturated rings. The first kappa shape index (κ1) is 17.2. The van der Waals surface area contributed by atoms with Crippen LogP contribution >= 0.6 is 0 Å². The molecule has 0 bridgehead atoms. The first-order valence-electron chi connectivity index (χ1n) is 9.31. The number of aliphatic hydroxyl groups excluding tert-OH is 1. The van der Waals surface area contributed by atoms with E-state index in [0.29, 0.717) is 12.3 Å². The van der Waals surface area contributed by atoms with E-state index in [9.17, 15) is 9.50 Å². The topological polar surface area (TPSA) is 38.7 Å². The molecule has 2 saturated carbocycles. The smallest absolute Gasteiger partial charge is 0.158 e. The van der Waals surface area contributed by atoms with E-state index in [1.54, 1.807) is 0 Å². The van der Waals surface area contributed by atoms with Crippen LogP contribution in [0.25, 0.3) is 0 Å². The van der Waals surface area contributed by atoms with E-state index in [4.69, 9.17) is 9.47 Å². The van der Waals surface area contributed by atoms with Gasteiger partial charge in [0.05, 0.1) is 12.2 Å². The predicted octanol–water partition coefficient (Wildman–Crippen LogP) is 3.59. The quantitative estimate of drug-likeness (QED) is 0.789. The third kappa shape index (κ3) is 5.17. The van der Waals surface area contributed by atoms with E-state index in [-0.39, 0.29) is 24.4 Å². The van der Waals surface area contributed by atoms with Gasteiger partial charge in [-0.25, -0.2) is 4.39 Å². The molecule has 1 aliphatic heterocycles.